The van der Waals surface area contributed by atoms with Crippen molar-refractivity contribution in [2.75, 3.05) is 21.3 Å². The zero-order chi connectivity index (χ0) is 22.4. The van der Waals surface area contributed by atoms with Crippen LogP contribution >= 0.6 is 0 Å². The smallest absolute Gasteiger partial charge is 0.312 e. The molecule has 1 heterocycles. The predicted octanol–water partition coefficient (Wildman–Crippen LogP) is 5.42. The first-order valence-corrected chi connectivity index (χ1v) is 10.8. The SMILES string of the molecule is COC(=O)C(C)/C=C\CC(C)(CCC[C@]1(C)CCc2cc(OC)cc(C)c2O1)OC. The van der Waals surface area contributed by atoms with Crippen LogP contribution in [0, 0.1) is 12.8 Å². The summed E-state index contributed by atoms with van der Waals surface area (Å²) in [7, 11) is 4.87. The average Bonchev–Trinajstić information content (AvgIpc) is 2.73. The molecule has 0 aliphatic carbocycles. The van der Waals surface area contributed by atoms with Gasteiger partial charge in [0.25, 0.3) is 0 Å². The van der Waals surface area contributed by atoms with E-state index in [-0.39, 0.29) is 23.1 Å². The first-order valence-electron chi connectivity index (χ1n) is 10.8. The largest absolute Gasteiger partial charge is 0.497 e. The molecule has 3 atom stereocenters. The van der Waals surface area contributed by atoms with Crippen molar-refractivity contribution in [3.63, 3.8) is 0 Å². The highest BCUT2D eigenvalue weighted by Crippen LogP contribution is 2.40. The zero-order valence-corrected chi connectivity index (χ0v) is 19.7. The Morgan fingerprint density at radius 2 is 2.07 bits per heavy atom. The Morgan fingerprint density at radius 1 is 1.33 bits per heavy atom. The number of rotatable bonds is 10. The Hall–Kier alpha value is -2.01. The van der Waals surface area contributed by atoms with E-state index in [0.717, 1.165) is 55.6 Å². The van der Waals surface area contributed by atoms with Crippen LogP contribution in [-0.4, -0.2) is 38.5 Å². The Kier molecular flexibility index (Phi) is 8.36. The highest BCUT2D eigenvalue weighted by atomic mass is 16.5. The molecular weight excluding hydrogens is 380 g/mol. The van der Waals surface area contributed by atoms with Gasteiger partial charge >= 0.3 is 5.97 Å². The van der Waals surface area contributed by atoms with Gasteiger partial charge < -0.3 is 18.9 Å². The van der Waals surface area contributed by atoms with Crippen molar-refractivity contribution < 1.29 is 23.7 Å². The molecule has 0 saturated carbocycles. The van der Waals surface area contributed by atoms with Crippen LogP contribution in [0.25, 0.3) is 0 Å². The first kappa shape index (κ1) is 24.3. The summed E-state index contributed by atoms with van der Waals surface area (Å²) in [6.45, 7) is 8.25. The van der Waals surface area contributed by atoms with Crippen LogP contribution in [0.4, 0.5) is 0 Å². The number of ether oxygens (including phenoxy) is 4. The van der Waals surface area contributed by atoms with Gasteiger partial charge in [0.15, 0.2) is 0 Å². The predicted molar refractivity (Wildman–Crippen MR) is 119 cm³/mol. The van der Waals surface area contributed by atoms with Crippen LogP contribution in [0.1, 0.15) is 64.0 Å². The van der Waals surface area contributed by atoms with Crippen LogP contribution in [0.2, 0.25) is 0 Å². The van der Waals surface area contributed by atoms with Crippen molar-refractivity contribution in [3.8, 4) is 11.5 Å². The van der Waals surface area contributed by atoms with Gasteiger partial charge in [-0.25, -0.2) is 0 Å². The zero-order valence-electron chi connectivity index (χ0n) is 19.7. The van der Waals surface area contributed by atoms with E-state index in [9.17, 15) is 4.79 Å². The van der Waals surface area contributed by atoms with Crippen LogP contribution < -0.4 is 9.47 Å². The van der Waals surface area contributed by atoms with Gasteiger partial charge in [0.1, 0.15) is 17.1 Å². The van der Waals surface area contributed by atoms with E-state index in [2.05, 4.69) is 26.8 Å². The summed E-state index contributed by atoms with van der Waals surface area (Å²) in [6, 6.07) is 4.12. The average molecular weight is 419 g/mol. The summed E-state index contributed by atoms with van der Waals surface area (Å²) < 4.78 is 22.5. The topological polar surface area (TPSA) is 54.0 Å². The number of benzene rings is 1. The van der Waals surface area contributed by atoms with Gasteiger partial charge in [0.05, 0.1) is 25.7 Å². The molecule has 0 radical (unpaired) electrons. The molecule has 0 saturated heterocycles. The molecule has 1 aliphatic heterocycles. The lowest BCUT2D eigenvalue weighted by atomic mass is 9.85. The van der Waals surface area contributed by atoms with Crippen LogP contribution in [0.3, 0.4) is 0 Å². The second kappa shape index (κ2) is 10.3. The summed E-state index contributed by atoms with van der Waals surface area (Å²) in [5, 5.41) is 0. The van der Waals surface area contributed by atoms with Gasteiger partial charge in [0.2, 0.25) is 0 Å². The summed E-state index contributed by atoms with van der Waals surface area (Å²) in [5.74, 6) is 1.44. The number of aryl methyl sites for hydroxylation is 2. The van der Waals surface area contributed by atoms with Crippen molar-refractivity contribution >= 4 is 5.97 Å². The molecule has 2 unspecified atom stereocenters. The molecule has 0 fully saturated rings. The van der Waals surface area contributed by atoms with Crippen molar-refractivity contribution in [1.82, 2.24) is 0 Å². The molecule has 30 heavy (non-hydrogen) atoms. The van der Waals surface area contributed by atoms with Gasteiger partial charge in [-0.15, -0.1) is 0 Å². The van der Waals surface area contributed by atoms with E-state index in [1.54, 1.807) is 14.2 Å². The fourth-order valence-corrected chi connectivity index (χ4v) is 4.04. The van der Waals surface area contributed by atoms with Gasteiger partial charge in [0, 0.05) is 7.11 Å². The molecule has 168 valence electrons. The van der Waals surface area contributed by atoms with E-state index < -0.39 is 0 Å². The van der Waals surface area contributed by atoms with E-state index in [4.69, 9.17) is 18.9 Å². The molecule has 0 N–H and O–H groups in total. The fraction of sp³-hybridized carbons (Fsp3) is 0.640. The Morgan fingerprint density at radius 3 is 2.70 bits per heavy atom. The molecule has 5 heteroatoms. The van der Waals surface area contributed by atoms with Gasteiger partial charge in [-0.05, 0) is 89.5 Å². The quantitative estimate of drug-likeness (QED) is 0.375. The second-order valence-corrected chi connectivity index (χ2v) is 8.94. The second-order valence-electron chi connectivity index (χ2n) is 8.94. The molecule has 0 aromatic heterocycles. The summed E-state index contributed by atoms with van der Waals surface area (Å²) in [5.41, 5.74) is 1.92. The lowest BCUT2D eigenvalue weighted by Crippen LogP contribution is -2.37. The molecule has 1 aliphatic rings. The third-order valence-corrected chi connectivity index (χ3v) is 6.28. The number of hydrogen-bond donors (Lipinski definition) is 0. The van der Waals surface area contributed by atoms with Crippen molar-refractivity contribution in [3.05, 3.63) is 35.4 Å². The maximum absolute atomic E-state index is 11.5. The normalized spacial score (nSPS) is 21.4. The van der Waals surface area contributed by atoms with E-state index >= 15 is 0 Å². The number of methoxy groups -OCH3 is 3. The molecule has 2 rings (SSSR count). The minimum Gasteiger partial charge on any atom is -0.497 e. The lowest BCUT2D eigenvalue weighted by molar-refractivity contribution is -0.143. The Bertz CT molecular complexity index is 756. The van der Waals surface area contributed by atoms with Gasteiger partial charge in [-0.3, -0.25) is 4.79 Å². The Balaban J connectivity index is 1.92. The third kappa shape index (κ3) is 6.24. The van der Waals surface area contributed by atoms with Gasteiger partial charge in [-0.1, -0.05) is 12.2 Å². The number of carbonyl (C=O) groups excluding carboxylic acids is 1. The van der Waals surface area contributed by atoms with Crippen LogP contribution in [0.15, 0.2) is 24.3 Å². The Labute approximate surface area is 181 Å². The fourth-order valence-electron chi connectivity index (χ4n) is 4.04. The van der Waals surface area contributed by atoms with E-state index in [0.29, 0.717) is 0 Å². The van der Waals surface area contributed by atoms with Crippen molar-refractivity contribution in [2.45, 2.75) is 77.4 Å². The maximum atomic E-state index is 11.5. The molecule has 0 amide bonds. The number of fused-ring (bicyclic) bond motifs is 1. The summed E-state index contributed by atoms with van der Waals surface area (Å²) >= 11 is 0. The molecule has 1 aromatic carbocycles. The van der Waals surface area contributed by atoms with E-state index in [1.807, 2.05) is 25.1 Å². The van der Waals surface area contributed by atoms with Crippen molar-refractivity contribution in [1.29, 1.82) is 0 Å². The molecule has 0 bridgehead atoms. The number of carbonyl (C=O) groups is 1. The minimum absolute atomic E-state index is 0.170. The first-order chi connectivity index (χ1) is 14.1. The van der Waals surface area contributed by atoms with Gasteiger partial charge in [-0.2, -0.15) is 0 Å². The maximum Gasteiger partial charge on any atom is 0.312 e. The summed E-state index contributed by atoms with van der Waals surface area (Å²) in [4.78, 5) is 11.5. The van der Waals surface area contributed by atoms with E-state index in [1.165, 1.54) is 12.7 Å². The van der Waals surface area contributed by atoms with Crippen molar-refractivity contribution in [2.24, 2.45) is 5.92 Å². The standard InChI is InChI=1S/C25H38O5/c1-18(23(26)28-6)10-8-12-24(3,29-7)13-9-14-25(4)15-11-20-17-21(27-5)16-19(2)22(20)30-25/h8,10,16-18H,9,11-15H2,1-7H3/b10-8-/t18?,24?,25-/m1/s1. The van der Waals surface area contributed by atoms with Crippen LogP contribution in [0.5, 0.6) is 11.5 Å². The highest BCUT2D eigenvalue weighted by Gasteiger charge is 2.33. The molecule has 0 spiro atoms. The monoisotopic (exact) mass is 418 g/mol. The molecule has 1 aromatic rings. The highest BCUT2D eigenvalue weighted by molar-refractivity contribution is 5.73. The molecular formula is C25H38O5. The lowest BCUT2D eigenvalue weighted by Gasteiger charge is -2.38. The number of esters is 1. The molecule has 5 nitrogen and oxygen atoms in total. The third-order valence-electron chi connectivity index (χ3n) is 6.28. The minimum atomic E-state index is -0.265. The summed E-state index contributed by atoms with van der Waals surface area (Å²) in [6.07, 6.45) is 9.56. The number of hydrogen-bond acceptors (Lipinski definition) is 5. The van der Waals surface area contributed by atoms with Crippen LogP contribution in [-0.2, 0) is 20.7 Å².